The SMILES string of the molecule is C=C[C@@H]1CCC(C)=C[C@H]1c1c(C)cc(CCCCC)cc1O/C(=N\C)OC/C=C1\[C@H](NC(=O)/C(=N\OC(C)(C)C(=O)O)C2=CCC(N)=N2)C(=O)N1S(=O)(=O)O. The number of amidine groups is 1. The van der Waals surface area contributed by atoms with Crippen molar-refractivity contribution in [2.45, 2.75) is 97.1 Å². The highest BCUT2D eigenvalue weighted by molar-refractivity contribution is 7.84. The lowest BCUT2D eigenvalue weighted by Gasteiger charge is -2.38. The highest BCUT2D eigenvalue weighted by atomic mass is 32.2. The molecule has 0 spiro atoms. The van der Waals surface area contributed by atoms with E-state index in [0.29, 0.717) is 5.75 Å². The Hall–Kier alpha value is -5.29. The number of amides is 2. The Bertz CT molecular complexity index is 2000. The Morgan fingerprint density at radius 2 is 1.96 bits per heavy atom. The molecule has 16 nitrogen and oxygen atoms in total. The van der Waals surface area contributed by atoms with Gasteiger partial charge in [0, 0.05) is 24.9 Å². The number of hydrogen-bond donors (Lipinski definition) is 4. The predicted molar refractivity (Wildman–Crippen MR) is 207 cm³/mol. The number of carboxylic acids is 1. The fourth-order valence-electron chi connectivity index (χ4n) is 6.36. The summed E-state index contributed by atoms with van der Waals surface area (Å²) in [4.78, 5) is 51.3. The first-order valence-electron chi connectivity index (χ1n) is 18.0. The molecule has 0 radical (unpaired) electrons. The van der Waals surface area contributed by atoms with Gasteiger partial charge >= 0.3 is 22.4 Å². The van der Waals surface area contributed by atoms with E-state index in [2.05, 4.69) is 53.0 Å². The summed E-state index contributed by atoms with van der Waals surface area (Å²) in [6.07, 6.45) is 12.7. The number of carboxylic acid groups (broad SMARTS) is 1. The van der Waals surface area contributed by atoms with Gasteiger partial charge in [-0.25, -0.2) is 14.8 Å². The van der Waals surface area contributed by atoms with Crippen LogP contribution in [0.15, 0.2) is 75.1 Å². The van der Waals surface area contributed by atoms with Crippen molar-refractivity contribution in [2.75, 3.05) is 13.7 Å². The lowest BCUT2D eigenvalue weighted by molar-refractivity contribution is -0.161. The van der Waals surface area contributed by atoms with E-state index in [9.17, 15) is 32.5 Å². The standard InChI is InChI=1S/C38H50N6O10S/c1-8-10-11-12-24-20-23(4)31(26-19-22(3)13-14-25(26)9-2)29(21-24)53-37(40-7)52-18-17-28-33(35(46)44(28)55(49,50)51)42-34(45)32(27-15-16-30(39)41-27)43-54-38(5,6)36(47)48/h9,15,17,19-21,25-26,33H,2,8,10-14,16,18H2,1,3-7H3,(H2,39,41)(H,42,45)(H,47,48)(H,49,50,51)/b28-17+,40-37-,43-32-/t25-,26-,33+/m1/s1. The number of oxime groups is 1. The molecule has 1 aromatic carbocycles. The van der Waals surface area contributed by atoms with Crippen LogP contribution in [0.3, 0.4) is 0 Å². The predicted octanol–water partition coefficient (Wildman–Crippen LogP) is 4.63. The fraction of sp³-hybridized carbons (Fsp3) is 0.474. The van der Waals surface area contributed by atoms with Crippen molar-refractivity contribution < 1.29 is 46.8 Å². The first-order valence-corrected chi connectivity index (χ1v) is 19.4. The zero-order valence-electron chi connectivity index (χ0n) is 32.0. The Labute approximate surface area is 321 Å². The van der Waals surface area contributed by atoms with Gasteiger partial charge in [0.1, 0.15) is 18.2 Å². The van der Waals surface area contributed by atoms with Crippen molar-refractivity contribution in [3.05, 3.63) is 76.7 Å². The second-order valence-corrected chi connectivity index (χ2v) is 15.3. The number of carbonyl (C=O) groups is 3. The number of nitrogens with one attached hydrogen (secondary N) is 1. The summed E-state index contributed by atoms with van der Waals surface area (Å²) in [5, 5.41) is 15.5. The molecule has 2 amide bonds. The molecule has 1 saturated heterocycles. The highest BCUT2D eigenvalue weighted by Crippen LogP contribution is 2.43. The van der Waals surface area contributed by atoms with Gasteiger partial charge in [-0.1, -0.05) is 48.7 Å². The number of nitrogens with two attached hydrogens (primary N) is 1. The van der Waals surface area contributed by atoms with Crippen molar-refractivity contribution in [2.24, 2.45) is 26.8 Å². The summed E-state index contributed by atoms with van der Waals surface area (Å²) in [5.41, 5.74) is 7.32. The largest absolute Gasteiger partial charge is 0.478 e. The second-order valence-electron chi connectivity index (χ2n) is 14.0. The lowest BCUT2D eigenvalue weighted by Crippen LogP contribution is -2.64. The molecule has 0 aromatic heterocycles. The number of aliphatic carboxylic acids is 1. The van der Waals surface area contributed by atoms with E-state index in [1.807, 2.05) is 19.1 Å². The van der Waals surface area contributed by atoms with Crippen molar-refractivity contribution in [3.63, 3.8) is 0 Å². The number of benzene rings is 1. The quantitative estimate of drug-likeness (QED) is 0.0343. The molecule has 298 valence electrons. The molecule has 0 unspecified atom stereocenters. The molecule has 4 rings (SSSR count). The minimum atomic E-state index is -5.11. The van der Waals surface area contributed by atoms with Crippen molar-refractivity contribution in [3.8, 4) is 5.75 Å². The van der Waals surface area contributed by atoms with E-state index in [1.165, 1.54) is 32.5 Å². The number of carbonyl (C=O) groups excluding carboxylic acids is 2. The van der Waals surface area contributed by atoms with Crippen LogP contribution in [-0.4, -0.2) is 83.1 Å². The topological polar surface area (TPSA) is 232 Å². The third-order valence-corrected chi connectivity index (χ3v) is 10.2. The van der Waals surface area contributed by atoms with Gasteiger partial charge in [-0.05, 0) is 88.6 Å². The number of unbranched alkanes of at least 4 members (excludes halogenated alkanes) is 2. The van der Waals surface area contributed by atoms with Crippen LogP contribution < -0.4 is 15.8 Å². The summed E-state index contributed by atoms with van der Waals surface area (Å²) >= 11 is 0. The lowest BCUT2D eigenvalue weighted by atomic mass is 9.75. The fourth-order valence-corrected chi connectivity index (χ4v) is 7.14. The van der Waals surface area contributed by atoms with Gasteiger partial charge in [-0.3, -0.25) is 14.1 Å². The molecule has 0 bridgehead atoms. The van der Waals surface area contributed by atoms with Crippen LogP contribution in [0, 0.1) is 12.8 Å². The molecule has 3 aliphatic rings. The molecular weight excluding hydrogens is 733 g/mol. The number of nitrogens with zero attached hydrogens (tertiary/aromatic N) is 4. The number of rotatable bonds is 16. The molecule has 5 N–H and O–H groups in total. The van der Waals surface area contributed by atoms with Crippen LogP contribution >= 0.6 is 0 Å². The van der Waals surface area contributed by atoms with Crippen molar-refractivity contribution in [1.82, 2.24) is 9.62 Å². The first kappa shape index (κ1) is 42.5. The Kier molecular flexibility index (Phi) is 13.8. The minimum absolute atomic E-state index is 0.00370. The number of ether oxygens (including phenoxy) is 2. The Morgan fingerprint density at radius 1 is 1.24 bits per heavy atom. The second kappa shape index (κ2) is 17.9. The highest BCUT2D eigenvalue weighted by Gasteiger charge is 2.50. The maximum atomic E-state index is 13.5. The van der Waals surface area contributed by atoms with E-state index >= 15 is 0 Å². The van der Waals surface area contributed by atoms with Gasteiger partial charge in [0.05, 0.1) is 11.4 Å². The third-order valence-electron chi connectivity index (χ3n) is 9.38. The molecule has 2 aliphatic heterocycles. The molecule has 3 atom stereocenters. The number of aryl methyl sites for hydroxylation is 2. The van der Waals surface area contributed by atoms with Gasteiger partial charge < -0.3 is 30.5 Å². The third kappa shape index (κ3) is 10.3. The molecule has 55 heavy (non-hydrogen) atoms. The number of aliphatic imine (C=N–C) groups is 2. The van der Waals surface area contributed by atoms with Crippen molar-refractivity contribution >= 4 is 45.7 Å². The molecule has 0 saturated carbocycles. The van der Waals surface area contributed by atoms with Gasteiger partial charge in [-0.2, -0.15) is 12.7 Å². The first-order chi connectivity index (χ1) is 25.9. The molecule has 1 fully saturated rings. The van der Waals surface area contributed by atoms with Crippen LogP contribution in [0.1, 0.15) is 88.8 Å². The summed E-state index contributed by atoms with van der Waals surface area (Å²) < 4.78 is 46.5. The van der Waals surface area contributed by atoms with Gasteiger partial charge in [0.15, 0.2) is 11.8 Å². The van der Waals surface area contributed by atoms with Crippen LogP contribution in [0.2, 0.25) is 0 Å². The number of hydrogen-bond acceptors (Lipinski definition) is 12. The maximum absolute atomic E-state index is 13.5. The van der Waals surface area contributed by atoms with Crippen molar-refractivity contribution in [1.29, 1.82) is 0 Å². The van der Waals surface area contributed by atoms with E-state index < -0.39 is 52.0 Å². The van der Waals surface area contributed by atoms with Gasteiger partial charge in [-0.15, -0.1) is 6.58 Å². The average molecular weight is 783 g/mol. The molecular formula is C38H50N6O10S. The molecule has 1 aliphatic carbocycles. The monoisotopic (exact) mass is 782 g/mol. The molecule has 1 aromatic rings. The summed E-state index contributed by atoms with van der Waals surface area (Å²) in [6, 6.07) is 2.56. The average Bonchev–Trinajstić information content (AvgIpc) is 3.54. The van der Waals surface area contributed by atoms with Gasteiger partial charge in [0.25, 0.3) is 11.8 Å². The van der Waals surface area contributed by atoms with E-state index in [4.69, 9.17) is 20.0 Å². The Morgan fingerprint density at radius 3 is 2.56 bits per heavy atom. The minimum Gasteiger partial charge on any atom is -0.478 e. The normalized spacial score (nSPS) is 21.3. The van der Waals surface area contributed by atoms with E-state index in [-0.39, 0.29) is 45.9 Å². The van der Waals surface area contributed by atoms with Crippen LogP contribution in [0.4, 0.5) is 0 Å². The van der Waals surface area contributed by atoms with Crippen LogP contribution in [0.5, 0.6) is 5.75 Å². The zero-order valence-corrected chi connectivity index (χ0v) is 32.8. The number of β-lactam (4-membered cyclic amide) rings is 1. The smallest absolute Gasteiger partial charge is 0.389 e. The summed E-state index contributed by atoms with van der Waals surface area (Å²) in [6.45, 7) is 12.4. The zero-order chi connectivity index (χ0) is 40.7. The van der Waals surface area contributed by atoms with Crippen LogP contribution in [0.25, 0.3) is 0 Å². The van der Waals surface area contributed by atoms with Gasteiger partial charge in [0.2, 0.25) is 5.60 Å². The molecule has 2 heterocycles. The van der Waals surface area contributed by atoms with E-state index in [0.717, 1.165) is 61.3 Å². The summed E-state index contributed by atoms with van der Waals surface area (Å²) in [7, 11) is -3.65. The summed E-state index contributed by atoms with van der Waals surface area (Å²) in [5.74, 6) is -2.79. The number of allylic oxidation sites excluding steroid dienone is 3. The van der Waals surface area contributed by atoms with Crippen LogP contribution in [-0.2, 0) is 40.7 Å². The maximum Gasteiger partial charge on any atom is 0.389 e. The van der Waals surface area contributed by atoms with E-state index in [1.54, 1.807) is 0 Å². The Balaban J connectivity index is 1.61. The molecule has 17 heteroatoms.